The lowest BCUT2D eigenvalue weighted by Crippen LogP contribution is -2.41. The van der Waals surface area contributed by atoms with Crippen LogP contribution in [0, 0.1) is 0 Å². The molecule has 0 fully saturated rings. The van der Waals surface area contributed by atoms with Gasteiger partial charge in [0.15, 0.2) is 0 Å². The second-order valence-electron chi connectivity index (χ2n) is 5.70. The molecule has 1 aromatic heterocycles. The van der Waals surface area contributed by atoms with Gasteiger partial charge in [0.05, 0.1) is 3.79 Å². The van der Waals surface area contributed by atoms with E-state index in [9.17, 15) is 0 Å². The first-order chi connectivity index (χ1) is 9.73. The van der Waals surface area contributed by atoms with Gasteiger partial charge in [-0.05, 0) is 71.9 Å². The van der Waals surface area contributed by atoms with E-state index in [-0.39, 0.29) is 5.41 Å². The minimum absolute atomic E-state index is 0.258. The molecule has 106 valence electrons. The summed E-state index contributed by atoms with van der Waals surface area (Å²) in [4.78, 5) is 1.48. The number of halogens is 1. The SMILES string of the molecule is CNCC1(Cc2ccc(Br)s2)CCCc2ccccc21. The van der Waals surface area contributed by atoms with Crippen LogP contribution in [0.4, 0.5) is 0 Å². The summed E-state index contributed by atoms with van der Waals surface area (Å²) in [6, 6.07) is 13.5. The molecule has 0 bridgehead atoms. The Morgan fingerprint density at radius 3 is 2.85 bits per heavy atom. The molecule has 1 atom stereocenters. The zero-order chi connectivity index (χ0) is 14.0. The van der Waals surface area contributed by atoms with Gasteiger partial charge in [-0.1, -0.05) is 24.3 Å². The molecule has 0 amide bonds. The molecular formula is C17H20BrNS. The average Bonchev–Trinajstić information content (AvgIpc) is 2.85. The van der Waals surface area contributed by atoms with Crippen LogP contribution in [0.2, 0.25) is 0 Å². The number of nitrogens with one attached hydrogen (secondary N) is 1. The molecule has 1 aliphatic carbocycles. The normalized spacial score (nSPS) is 21.7. The fourth-order valence-electron chi connectivity index (χ4n) is 3.56. The molecular weight excluding hydrogens is 330 g/mol. The van der Waals surface area contributed by atoms with Crippen LogP contribution < -0.4 is 5.32 Å². The summed E-state index contributed by atoms with van der Waals surface area (Å²) >= 11 is 5.46. The molecule has 1 nitrogen and oxygen atoms in total. The minimum Gasteiger partial charge on any atom is -0.319 e. The predicted molar refractivity (Wildman–Crippen MR) is 90.7 cm³/mol. The van der Waals surface area contributed by atoms with Crippen molar-refractivity contribution in [3.63, 3.8) is 0 Å². The van der Waals surface area contributed by atoms with Crippen LogP contribution in [0.15, 0.2) is 40.2 Å². The molecule has 3 heteroatoms. The van der Waals surface area contributed by atoms with Crippen molar-refractivity contribution < 1.29 is 0 Å². The molecule has 1 aliphatic rings. The van der Waals surface area contributed by atoms with Gasteiger partial charge in [-0.15, -0.1) is 11.3 Å². The van der Waals surface area contributed by atoms with Crippen molar-refractivity contribution in [2.75, 3.05) is 13.6 Å². The lowest BCUT2D eigenvalue weighted by atomic mass is 9.67. The molecule has 1 heterocycles. The lowest BCUT2D eigenvalue weighted by Gasteiger charge is -2.39. The summed E-state index contributed by atoms with van der Waals surface area (Å²) in [6.45, 7) is 1.06. The minimum atomic E-state index is 0.258. The number of fused-ring (bicyclic) bond motifs is 1. The molecule has 0 saturated carbocycles. The first-order valence-electron chi connectivity index (χ1n) is 7.21. The Kier molecular flexibility index (Phi) is 4.29. The van der Waals surface area contributed by atoms with Gasteiger partial charge in [0.25, 0.3) is 0 Å². The molecule has 3 rings (SSSR count). The Bertz CT molecular complexity index is 592. The highest BCUT2D eigenvalue weighted by atomic mass is 79.9. The van der Waals surface area contributed by atoms with Gasteiger partial charge in [-0.2, -0.15) is 0 Å². The quantitative estimate of drug-likeness (QED) is 0.853. The van der Waals surface area contributed by atoms with E-state index in [4.69, 9.17) is 0 Å². The van der Waals surface area contributed by atoms with Crippen LogP contribution in [0.1, 0.15) is 28.8 Å². The topological polar surface area (TPSA) is 12.0 Å². The van der Waals surface area contributed by atoms with Crippen molar-refractivity contribution in [2.24, 2.45) is 0 Å². The fourth-order valence-corrected chi connectivity index (χ4v) is 5.18. The number of rotatable bonds is 4. The number of aryl methyl sites for hydroxylation is 1. The first-order valence-corrected chi connectivity index (χ1v) is 8.82. The third-order valence-electron chi connectivity index (χ3n) is 4.35. The van der Waals surface area contributed by atoms with E-state index in [1.165, 1.54) is 27.9 Å². The van der Waals surface area contributed by atoms with Crippen LogP contribution in [0.5, 0.6) is 0 Å². The Balaban J connectivity index is 2.00. The van der Waals surface area contributed by atoms with Gasteiger partial charge in [0.2, 0.25) is 0 Å². The van der Waals surface area contributed by atoms with Crippen molar-refractivity contribution in [2.45, 2.75) is 31.1 Å². The summed E-state index contributed by atoms with van der Waals surface area (Å²) in [5.41, 5.74) is 3.36. The van der Waals surface area contributed by atoms with E-state index in [2.05, 4.69) is 64.7 Å². The van der Waals surface area contributed by atoms with Gasteiger partial charge in [0, 0.05) is 16.8 Å². The average molecular weight is 350 g/mol. The number of benzene rings is 1. The molecule has 0 radical (unpaired) electrons. The van der Waals surface area contributed by atoms with Crippen LogP contribution in [-0.2, 0) is 18.3 Å². The van der Waals surface area contributed by atoms with E-state index in [1.54, 1.807) is 11.1 Å². The maximum absolute atomic E-state index is 3.59. The molecule has 1 N–H and O–H groups in total. The molecule has 2 aromatic rings. The number of hydrogen-bond donors (Lipinski definition) is 1. The van der Waals surface area contributed by atoms with Crippen LogP contribution in [0.25, 0.3) is 0 Å². The van der Waals surface area contributed by atoms with E-state index in [0.29, 0.717) is 0 Å². The van der Waals surface area contributed by atoms with Gasteiger partial charge in [-0.25, -0.2) is 0 Å². The smallest absolute Gasteiger partial charge is 0.0701 e. The summed E-state index contributed by atoms with van der Waals surface area (Å²) in [7, 11) is 2.07. The van der Waals surface area contributed by atoms with E-state index in [1.807, 2.05) is 11.3 Å². The largest absolute Gasteiger partial charge is 0.319 e. The fraction of sp³-hybridized carbons (Fsp3) is 0.412. The highest BCUT2D eigenvalue weighted by Gasteiger charge is 2.36. The summed E-state index contributed by atoms with van der Waals surface area (Å²) in [6.07, 6.45) is 4.95. The Hall–Kier alpha value is -0.640. The maximum atomic E-state index is 3.59. The molecule has 1 aromatic carbocycles. The van der Waals surface area contributed by atoms with Crippen LogP contribution >= 0.6 is 27.3 Å². The Labute approximate surface area is 133 Å². The zero-order valence-corrected chi connectivity index (χ0v) is 14.2. The third-order valence-corrected chi connectivity index (χ3v) is 5.97. The van der Waals surface area contributed by atoms with E-state index < -0.39 is 0 Å². The predicted octanol–water partition coefficient (Wildman–Crippen LogP) is 4.55. The van der Waals surface area contributed by atoms with Crippen LogP contribution in [0.3, 0.4) is 0 Å². The second kappa shape index (κ2) is 6.00. The molecule has 0 saturated heterocycles. The van der Waals surface area contributed by atoms with E-state index >= 15 is 0 Å². The van der Waals surface area contributed by atoms with Crippen molar-refractivity contribution in [1.82, 2.24) is 5.32 Å². The number of hydrogen-bond acceptors (Lipinski definition) is 2. The molecule has 20 heavy (non-hydrogen) atoms. The van der Waals surface area contributed by atoms with E-state index in [0.717, 1.165) is 13.0 Å². The molecule has 0 aliphatic heterocycles. The monoisotopic (exact) mass is 349 g/mol. The zero-order valence-electron chi connectivity index (χ0n) is 11.8. The Morgan fingerprint density at radius 2 is 2.10 bits per heavy atom. The standard InChI is InChI=1S/C17H20BrNS/c1-19-12-17(11-14-8-9-16(18)20-14)10-4-6-13-5-2-3-7-15(13)17/h2-3,5,7-9,19H,4,6,10-12H2,1H3. The summed E-state index contributed by atoms with van der Waals surface area (Å²) in [5, 5.41) is 3.44. The third kappa shape index (κ3) is 2.72. The Morgan fingerprint density at radius 1 is 1.25 bits per heavy atom. The molecule has 1 unspecified atom stereocenters. The highest BCUT2D eigenvalue weighted by molar-refractivity contribution is 9.11. The first kappa shape index (κ1) is 14.3. The van der Waals surface area contributed by atoms with Gasteiger partial charge >= 0.3 is 0 Å². The summed E-state index contributed by atoms with van der Waals surface area (Å²) < 4.78 is 1.23. The van der Waals surface area contributed by atoms with Crippen molar-refractivity contribution in [1.29, 1.82) is 0 Å². The van der Waals surface area contributed by atoms with Crippen molar-refractivity contribution in [3.05, 3.63) is 56.2 Å². The van der Waals surface area contributed by atoms with Gasteiger partial charge in [0.1, 0.15) is 0 Å². The second-order valence-corrected chi connectivity index (χ2v) is 8.25. The lowest BCUT2D eigenvalue weighted by molar-refractivity contribution is 0.347. The van der Waals surface area contributed by atoms with Crippen molar-refractivity contribution in [3.8, 4) is 0 Å². The van der Waals surface area contributed by atoms with Gasteiger partial charge < -0.3 is 5.32 Å². The van der Waals surface area contributed by atoms with Gasteiger partial charge in [-0.3, -0.25) is 0 Å². The maximum Gasteiger partial charge on any atom is 0.0701 e. The summed E-state index contributed by atoms with van der Waals surface area (Å²) in [5.74, 6) is 0. The molecule has 0 spiro atoms. The van der Waals surface area contributed by atoms with Crippen LogP contribution in [-0.4, -0.2) is 13.6 Å². The highest BCUT2D eigenvalue weighted by Crippen LogP contribution is 2.41. The van der Waals surface area contributed by atoms with Crippen molar-refractivity contribution >= 4 is 27.3 Å². The number of likely N-dealkylation sites (N-methyl/N-ethyl adjacent to an activating group) is 1. The number of thiophene rings is 1.